The largest absolute Gasteiger partial charge is 0.135 e. The molecule has 0 nitrogen and oxygen atoms in total. The number of rotatable bonds is 3. The van der Waals surface area contributed by atoms with Crippen molar-refractivity contribution < 1.29 is 0 Å². The van der Waals surface area contributed by atoms with Crippen molar-refractivity contribution in [1.82, 2.24) is 0 Å². The van der Waals surface area contributed by atoms with Gasteiger partial charge in [-0.3, -0.25) is 0 Å². The van der Waals surface area contributed by atoms with E-state index in [0.717, 1.165) is 0 Å². The van der Waals surface area contributed by atoms with Crippen LogP contribution in [-0.2, 0) is 0 Å². The Morgan fingerprint density at radius 3 is 2.17 bits per heavy atom. The molecule has 0 fully saturated rings. The van der Waals surface area contributed by atoms with Crippen molar-refractivity contribution in [3.8, 4) is 10.4 Å². The molecule has 0 spiro atoms. The van der Waals surface area contributed by atoms with E-state index >= 15 is 0 Å². The van der Waals surface area contributed by atoms with Gasteiger partial charge in [0, 0.05) is 9.58 Å². The molecule has 4 aromatic rings. The molecule has 3 aromatic carbocycles. The van der Waals surface area contributed by atoms with Crippen molar-refractivity contribution >= 4 is 33.6 Å². The van der Waals surface area contributed by atoms with Gasteiger partial charge in [0.25, 0.3) is 0 Å². The average molecular weight is 326 g/mol. The highest BCUT2D eigenvalue weighted by atomic mass is 32.1. The van der Waals surface area contributed by atoms with Crippen LogP contribution in [0.25, 0.3) is 32.7 Å². The average Bonchev–Trinajstić information content (AvgIpc) is 3.04. The molecule has 0 amide bonds. The first-order valence-electron chi connectivity index (χ1n) is 8.12. The van der Waals surface area contributed by atoms with Crippen LogP contribution in [0.4, 0.5) is 0 Å². The molecule has 0 aliphatic rings. The third kappa shape index (κ3) is 3.17. The first-order valence-corrected chi connectivity index (χ1v) is 8.93. The standard InChI is InChI=1S/C23H18S/c1-17-7-12-21-16-23(24-22(21)15-17)20-13-10-19(11-14-20)9-8-18-5-3-2-4-6-18/h2-16H,1H3/b9-8+. The van der Waals surface area contributed by atoms with Crippen molar-refractivity contribution in [2.24, 2.45) is 0 Å². The molecule has 1 aromatic heterocycles. The number of aryl methyl sites for hydroxylation is 1. The van der Waals surface area contributed by atoms with Gasteiger partial charge in [-0.2, -0.15) is 0 Å². The minimum Gasteiger partial charge on any atom is -0.135 e. The number of hydrogen-bond donors (Lipinski definition) is 0. The number of hydrogen-bond acceptors (Lipinski definition) is 1. The molecule has 116 valence electrons. The van der Waals surface area contributed by atoms with Gasteiger partial charge >= 0.3 is 0 Å². The summed E-state index contributed by atoms with van der Waals surface area (Å²) in [4.78, 5) is 1.33. The van der Waals surface area contributed by atoms with Crippen LogP contribution in [0, 0.1) is 6.92 Å². The third-order valence-electron chi connectivity index (χ3n) is 4.14. The second-order valence-electron chi connectivity index (χ2n) is 6.02. The van der Waals surface area contributed by atoms with Crippen molar-refractivity contribution in [3.63, 3.8) is 0 Å². The van der Waals surface area contributed by atoms with Gasteiger partial charge < -0.3 is 0 Å². The normalized spacial score (nSPS) is 11.4. The molecule has 0 radical (unpaired) electrons. The zero-order valence-corrected chi connectivity index (χ0v) is 14.4. The van der Waals surface area contributed by atoms with E-state index in [1.165, 1.54) is 37.2 Å². The van der Waals surface area contributed by atoms with Crippen LogP contribution < -0.4 is 0 Å². The predicted molar refractivity (Wildman–Crippen MR) is 107 cm³/mol. The van der Waals surface area contributed by atoms with E-state index in [-0.39, 0.29) is 0 Å². The van der Waals surface area contributed by atoms with Crippen molar-refractivity contribution in [2.45, 2.75) is 6.92 Å². The molecule has 0 saturated heterocycles. The molecule has 0 N–H and O–H groups in total. The summed E-state index contributed by atoms with van der Waals surface area (Å²) < 4.78 is 1.36. The number of benzene rings is 3. The lowest BCUT2D eigenvalue weighted by Gasteiger charge is -1.99. The molecule has 0 atom stereocenters. The molecule has 24 heavy (non-hydrogen) atoms. The van der Waals surface area contributed by atoms with Crippen molar-refractivity contribution in [2.75, 3.05) is 0 Å². The van der Waals surface area contributed by atoms with Crippen LogP contribution in [-0.4, -0.2) is 0 Å². The van der Waals surface area contributed by atoms with Crippen LogP contribution in [0.5, 0.6) is 0 Å². The first kappa shape index (κ1) is 14.9. The number of thiophene rings is 1. The molecule has 0 saturated carbocycles. The second-order valence-corrected chi connectivity index (χ2v) is 7.10. The Morgan fingerprint density at radius 2 is 1.42 bits per heavy atom. The fraction of sp³-hybridized carbons (Fsp3) is 0.0435. The van der Waals surface area contributed by atoms with Gasteiger partial charge in [-0.15, -0.1) is 11.3 Å². The summed E-state index contributed by atoms with van der Waals surface area (Å²) in [7, 11) is 0. The predicted octanol–water partition coefficient (Wildman–Crippen LogP) is 7.05. The number of fused-ring (bicyclic) bond motifs is 1. The Hall–Kier alpha value is -2.64. The van der Waals surface area contributed by atoms with Gasteiger partial charge in [-0.1, -0.05) is 78.9 Å². The fourth-order valence-electron chi connectivity index (χ4n) is 2.80. The lowest BCUT2D eigenvalue weighted by molar-refractivity contribution is 1.52. The molecule has 1 heterocycles. The Morgan fingerprint density at radius 1 is 0.708 bits per heavy atom. The summed E-state index contributed by atoms with van der Waals surface area (Å²) in [5, 5.41) is 1.33. The zero-order chi connectivity index (χ0) is 16.4. The SMILES string of the molecule is Cc1ccc2cc(-c3ccc(/C=C/c4ccccc4)cc3)sc2c1. The summed E-state index contributed by atoms with van der Waals surface area (Å²) >= 11 is 1.86. The lowest BCUT2D eigenvalue weighted by Crippen LogP contribution is -1.75. The van der Waals surface area contributed by atoms with E-state index in [1.54, 1.807) is 0 Å². The molecule has 0 bridgehead atoms. The summed E-state index contributed by atoms with van der Waals surface area (Å²) in [5.41, 5.74) is 5.05. The topological polar surface area (TPSA) is 0 Å². The highest BCUT2D eigenvalue weighted by Crippen LogP contribution is 2.34. The monoisotopic (exact) mass is 326 g/mol. The van der Waals surface area contributed by atoms with E-state index in [2.05, 4.69) is 91.9 Å². The van der Waals surface area contributed by atoms with Gasteiger partial charge in [0.05, 0.1) is 0 Å². The Balaban J connectivity index is 1.59. The Bertz CT molecular complexity index is 989. The van der Waals surface area contributed by atoms with E-state index in [9.17, 15) is 0 Å². The van der Waals surface area contributed by atoms with E-state index < -0.39 is 0 Å². The molecular formula is C23H18S. The van der Waals surface area contributed by atoms with Gasteiger partial charge in [-0.05, 0) is 46.7 Å². The summed E-state index contributed by atoms with van der Waals surface area (Å²) in [5.74, 6) is 0. The third-order valence-corrected chi connectivity index (χ3v) is 5.29. The highest BCUT2D eigenvalue weighted by molar-refractivity contribution is 7.22. The van der Waals surface area contributed by atoms with Crippen LogP contribution in [0.2, 0.25) is 0 Å². The molecular weight excluding hydrogens is 308 g/mol. The van der Waals surface area contributed by atoms with E-state index in [0.29, 0.717) is 0 Å². The summed E-state index contributed by atoms with van der Waals surface area (Å²) in [6.07, 6.45) is 4.31. The van der Waals surface area contributed by atoms with Crippen LogP contribution in [0.3, 0.4) is 0 Å². The zero-order valence-electron chi connectivity index (χ0n) is 13.6. The van der Waals surface area contributed by atoms with Gasteiger partial charge in [-0.25, -0.2) is 0 Å². The maximum Gasteiger partial charge on any atom is 0.0355 e. The van der Waals surface area contributed by atoms with Gasteiger partial charge in [0.2, 0.25) is 0 Å². The molecule has 0 unspecified atom stereocenters. The maximum absolute atomic E-state index is 2.29. The molecule has 0 aliphatic carbocycles. The van der Waals surface area contributed by atoms with Crippen molar-refractivity contribution in [1.29, 1.82) is 0 Å². The second kappa shape index (κ2) is 6.46. The molecule has 0 aliphatic heterocycles. The maximum atomic E-state index is 2.29. The van der Waals surface area contributed by atoms with E-state index in [4.69, 9.17) is 0 Å². The summed E-state index contributed by atoms with van der Waals surface area (Å²) in [6, 6.07) is 28.1. The van der Waals surface area contributed by atoms with Crippen LogP contribution >= 0.6 is 11.3 Å². The quantitative estimate of drug-likeness (QED) is 0.354. The van der Waals surface area contributed by atoms with E-state index in [1.807, 2.05) is 17.4 Å². The van der Waals surface area contributed by atoms with Gasteiger partial charge in [0.15, 0.2) is 0 Å². The first-order chi connectivity index (χ1) is 11.8. The van der Waals surface area contributed by atoms with Crippen LogP contribution in [0.15, 0.2) is 78.9 Å². The lowest BCUT2D eigenvalue weighted by atomic mass is 10.1. The van der Waals surface area contributed by atoms with Gasteiger partial charge in [0.1, 0.15) is 0 Å². The Labute approximate surface area is 146 Å². The minimum atomic E-state index is 1.22. The summed E-state index contributed by atoms with van der Waals surface area (Å²) in [6.45, 7) is 2.15. The minimum absolute atomic E-state index is 1.22. The van der Waals surface area contributed by atoms with Crippen LogP contribution in [0.1, 0.15) is 16.7 Å². The highest BCUT2D eigenvalue weighted by Gasteiger charge is 2.04. The molecule has 1 heteroatoms. The Kier molecular flexibility index (Phi) is 4.02. The fourth-order valence-corrected chi connectivity index (χ4v) is 3.96. The van der Waals surface area contributed by atoms with Crippen molar-refractivity contribution in [3.05, 3.63) is 95.6 Å². The molecule has 4 rings (SSSR count). The smallest absolute Gasteiger partial charge is 0.0355 e.